The minimum Gasteiger partial charge on any atom is -0.497 e. The molecular weight excluding hydrogens is 402 g/mol. The fourth-order valence-electron chi connectivity index (χ4n) is 2.98. The molecule has 0 aliphatic heterocycles. The zero-order valence-corrected chi connectivity index (χ0v) is 16.8. The summed E-state index contributed by atoms with van der Waals surface area (Å²) in [5.74, 6) is 0.663. The molecule has 0 atom stereocenters. The summed E-state index contributed by atoms with van der Waals surface area (Å²) in [5, 5.41) is 11.6. The van der Waals surface area contributed by atoms with E-state index >= 15 is 0 Å². The van der Waals surface area contributed by atoms with E-state index in [4.69, 9.17) is 17.0 Å². The van der Waals surface area contributed by atoms with Gasteiger partial charge in [0.05, 0.1) is 18.9 Å². The van der Waals surface area contributed by atoms with Crippen LogP contribution in [0.25, 0.3) is 10.9 Å². The van der Waals surface area contributed by atoms with Gasteiger partial charge in [0, 0.05) is 17.3 Å². The molecule has 150 valence electrons. The lowest BCUT2D eigenvalue weighted by molar-refractivity contribution is 0.415. The molecule has 0 aliphatic rings. The molecular formula is C21H17N5O3S. The van der Waals surface area contributed by atoms with Crippen LogP contribution in [-0.2, 0) is 6.42 Å². The van der Waals surface area contributed by atoms with Crippen LogP contribution in [0.15, 0.2) is 69.3 Å². The lowest BCUT2D eigenvalue weighted by atomic mass is 10.1. The van der Waals surface area contributed by atoms with Gasteiger partial charge < -0.3 is 9.72 Å². The number of hydrogen-bond donors (Lipinski definition) is 2. The van der Waals surface area contributed by atoms with E-state index in [0.717, 1.165) is 15.6 Å². The van der Waals surface area contributed by atoms with E-state index in [-0.39, 0.29) is 21.6 Å². The van der Waals surface area contributed by atoms with Gasteiger partial charge in [-0.1, -0.05) is 30.3 Å². The molecule has 30 heavy (non-hydrogen) atoms. The van der Waals surface area contributed by atoms with Gasteiger partial charge in [0.25, 0.3) is 11.1 Å². The maximum atomic E-state index is 12.8. The Hall–Kier alpha value is -3.85. The first-order chi connectivity index (χ1) is 14.5. The van der Waals surface area contributed by atoms with Crippen LogP contribution >= 0.6 is 12.2 Å². The summed E-state index contributed by atoms with van der Waals surface area (Å²) in [6.07, 6.45) is 1.63. The van der Waals surface area contributed by atoms with E-state index in [0.29, 0.717) is 17.7 Å². The zero-order valence-electron chi connectivity index (χ0n) is 16.0. The average molecular weight is 419 g/mol. The highest BCUT2D eigenvalue weighted by atomic mass is 32.1. The monoisotopic (exact) mass is 419 g/mol. The van der Waals surface area contributed by atoms with E-state index in [1.165, 1.54) is 6.21 Å². The molecule has 4 rings (SSSR count). The van der Waals surface area contributed by atoms with Gasteiger partial charge in [0.1, 0.15) is 11.4 Å². The lowest BCUT2D eigenvalue weighted by Crippen LogP contribution is -2.25. The first kappa shape index (κ1) is 19.5. The molecule has 2 N–H and O–H groups in total. The number of nitrogens with zero attached hydrogens (tertiary/aromatic N) is 3. The third-order valence-corrected chi connectivity index (χ3v) is 4.79. The fraction of sp³-hybridized carbons (Fsp3) is 0.0952. The van der Waals surface area contributed by atoms with Crippen LogP contribution in [0.3, 0.4) is 0 Å². The van der Waals surface area contributed by atoms with E-state index < -0.39 is 5.56 Å². The van der Waals surface area contributed by atoms with Crippen LogP contribution in [0.1, 0.15) is 16.8 Å². The minimum absolute atomic E-state index is 0.0342. The maximum Gasteiger partial charge on any atom is 0.297 e. The molecule has 2 heterocycles. The second kappa shape index (κ2) is 8.26. The third-order valence-electron chi connectivity index (χ3n) is 4.52. The second-order valence-electron chi connectivity index (χ2n) is 6.51. The number of aromatic nitrogens is 4. The topological polar surface area (TPSA) is 105 Å². The molecule has 0 amide bonds. The van der Waals surface area contributed by atoms with Gasteiger partial charge in [-0.05, 0) is 42.0 Å². The number of nitrogens with one attached hydrogen (secondary N) is 2. The summed E-state index contributed by atoms with van der Waals surface area (Å²) in [6.45, 7) is 0. The Morgan fingerprint density at radius 1 is 1.17 bits per heavy atom. The summed E-state index contributed by atoms with van der Waals surface area (Å²) in [5.41, 5.74) is 1.36. The van der Waals surface area contributed by atoms with Crippen LogP contribution in [0.2, 0.25) is 0 Å². The predicted octanol–water partition coefficient (Wildman–Crippen LogP) is 2.62. The van der Waals surface area contributed by atoms with Crippen molar-refractivity contribution in [3.8, 4) is 5.75 Å². The molecule has 2 aromatic carbocycles. The van der Waals surface area contributed by atoms with Crippen molar-refractivity contribution in [3.63, 3.8) is 0 Å². The first-order valence-electron chi connectivity index (χ1n) is 9.05. The first-order valence-corrected chi connectivity index (χ1v) is 9.46. The molecule has 0 radical (unpaired) electrons. The summed E-state index contributed by atoms with van der Waals surface area (Å²) in [7, 11) is 1.57. The van der Waals surface area contributed by atoms with Gasteiger partial charge in [0.15, 0.2) is 0 Å². The van der Waals surface area contributed by atoms with E-state index in [1.807, 2.05) is 30.3 Å². The van der Waals surface area contributed by atoms with Crippen molar-refractivity contribution < 1.29 is 4.74 Å². The van der Waals surface area contributed by atoms with Crippen LogP contribution in [-0.4, -0.2) is 33.2 Å². The van der Waals surface area contributed by atoms with Crippen LogP contribution in [0, 0.1) is 4.77 Å². The minimum atomic E-state index is -0.447. The molecule has 0 unspecified atom stereocenters. The average Bonchev–Trinajstić information content (AvgIpc) is 2.76. The molecule has 0 spiro atoms. The van der Waals surface area contributed by atoms with Crippen molar-refractivity contribution in [2.45, 2.75) is 6.42 Å². The standard InChI is InChI=1S/C21H17N5O3S/c1-29-16-7-8-17-14(11-16)10-15(19(27)23-17)12-22-26-20(28)18(24-25-21(26)30)9-13-5-3-2-4-6-13/h2-8,10-12H,9H2,1H3,(H,23,27)(H,25,30)/b22-12+. The number of aromatic amines is 2. The van der Waals surface area contributed by atoms with Crippen molar-refractivity contribution in [1.29, 1.82) is 0 Å². The number of benzene rings is 2. The number of methoxy groups -OCH3 is 1. The van der Waals surface area contributed by atoms with Crippen LogP contribution in [0.5, 0.6) is 5.75 Å². The van der Waals surface area contributed by atoms with Gasteiger partial charge in [-0.15, -0.1) is 0 Å². The number of rotatable bonds is 5. The number of fused-ring (bicyclic) bond motifs is 1. The number of H-pyrrole nitrogens is 2. The third kappa shape index (κ3) is 3.96. The maximum absolute atomic E-state index is 12.8. The predicted molar refractivity (Wildman–Crippen MR) is 117 cm³/mol. The van der Waals surface area contributed by atoms with Crippen molar-refractivity contribution in [2.75, 3.05) is 7.11 Å². The summed E-state index contributed by atoms with van der Waals surface area (Å²) >= 11 is 5.15. The summed E-state index contributed by atoms with van der Waals surface area (Å²) in [4.78, 5) is 28.0. The number of ether oxygens (including phenoxy) is 1. The summed E-state index contributed by atoms with van der Waals surface area (Å²) in [6, 6.07) is 16.5. The smallest absolute Gasteiger partial charge is 0.297 e. The molecule has 2 aromatic heterocycles. The molecule has 9 heteroatoms. The Kier molecular flexibility index (Phi) is 5.36. The molecule has 4 aromatic rings. The van der Waals surface area contributed by atoms with E-state index in [1.54, 1.807) is 31.4 Å². The van der Waals surface area contributed by atoms with Crippen molar-refractivity contribution in [1.82, 2.24) is 19.9 Å². The Bertz CT molecular complexity index is 1420. The van der Waals surface area contributed by atoms with Gasteiger partial charge in [0.2, 0.25) is 4.77 Å². The Balaban J connectivity index is 1.72. The Labute approximate surface area is 175 Å². The van der Waals surface area contributed by atoms with Gasteiger partial charge in [-0.2, -0.15) is 14.9 Å². The number of hydrogen-bond acceptors (Lipinski definition) is 6. The highest BCUT2D eigenvalue weighted by molar-refractivity contribution is 7.71. The van der Waals surface area contributed by atoms with E-state index in [2.05, 4.69) is 20.3 Å². The van der Waals surface area contributed by atoms with Gasteiger partial charge in [-0.25, -0.2) is 0 Å². The quantitative estimate of drug-likeness (QED) is 0.382. The molecule has 0 bridgehead atoms. The SMILES string of the molecule is COc1ccc2[nH]c(=O)c(/C=N/n3c(=S)[nH]nc(Cc4ccccc4)c3=O)cc2c1. The molecule has 8 nitrogen and oxygen atoms in total. The fourth-order valence-corrected chi connectivity index (χ4v) is 3.15. The zero-order chi connectivity index (χ0) is 21.1. The molecule has 0 fully saturated rings. The Morgan fingerprint density at radius 2 is 1.97 bits per heavy atom. The molecule has 0 aliphatic carbocycles. The normalized spacial score (nSPS) is 11.2. The highest BCUT2D eigenvalue weighted by Crippen LogP contribution is 2.18. The molecule has 0 saturated carbocycles. The Morgan fingerprint density at radius 3 is 2.73 bits per heavy atom. The second-order valence-corrected chi connectivity index (χ2v) is 6.89. The summed E-state index contributed by atoms with van der Waals surface area (Å²) < 4.78 is 6.28. The largest absolute Gasteiger partial charge is 0.497 e. The van der Waals surface area contributed by atoms with Crippen molar-refractivity contribution in [2.24, 2.45) is 5.10 Å². The van der Waals surface area contributed by atoms with Crippen LogP contribution < -0.4 is 15.9 Å². The lowest BCUT2D eigenvalue weighted by Gasteiger charge is -2.04. The number of pyridine rings is 1. The van der Waals surface area contributed by atoms with Crippen molar-refractivity contribution >= 4 is 29.3 Å². The van der Waals surface area contributed by atoms with Gasteiger partial charge in [-0.3, -0.25) is 14.7 Å². The van der Waals surface area contributed by atoms with Crippen LogP contribution in [0.4, 0.5) is 0 Å². The highest BCUT2D eigenvalue weighted by Gasteiger charge is 2.08. The molecule has 0 saturated heterocycles. The van der Waals surface area contributed by atoms with Gasteiger partial charge >= 0.3 is 0 Å². The van der Waals surface area contributed by atoms with Crippen molar-refractivity contribution in [3.05, 3.63) is 96.9 Å². The van der Waals surface area contributed by atoms with E-state index in [9.17, 15) is 9.59 Å².